The molecule has 1 rings (SSSR count). The van der Waals surface area contributed by atoms with Gasteiger partial charge < -0.3 is 14.7 Å². The minimum Gasteiger partial charge on any atom is -0.391 e. The first-order chi connectivity index (χ1) is 6.76. The van der Waals surface area contributed by atoms with Gasteiger partial charge in [0.2, 0.25) is 0 Å². The molecule has 3 nitrogen and oxygen atoms in total. The number of aliphatic hydroxyl groups excluding tert-OH is 1. The third kappa shape index (κ3) is 4.26. The van der Waals surface area contributed by atoms with Gasteiger partial charge in [0, 0.05) is 31.6 Å². The van der Waals surface area contributed by atoms with Crippen LogP contribution in [0.4, 0.5) is 0 Å². The van der Waals surface area contributed by atoms with Gasteiger partial charge >= 0.3 is 0 Å². The van der Waals surface area contributed by atoms with Gasteiger partial charge in [-0.05, 0) is 19.8 Å². The predicted molar refractivity (Wildman–Crippen MR) is 60.9 cm³/mol. The van der Waals surface area contributed by atoms with Crippen molar-refractivity contribution in [2.24, 2.45) is 0 Å². The van der Waals surface area contributed by atoms with Gasteiger partial charge in [-0.15, -0.1) is 0 Å². The number of alkyl halides is 1. The molecule has 0 bridgehead atoms. The number of rotatable bonds is 5. The average molecular weight is 266 g/mol. The second-order valence-electron chi connectivity index (χ2n) is 3.76. The second-order valence-corrected chi connectivity index (χ2v) is 4.41. The number of β-amino-alcohol motifs (C(OH)–C–C–N with tert-alkyl or cyclic N) is 1. The molecular formula is C10H20BrNO2. The zero-order valence-electron chi connectivity index (χ0n) is 8.79. The first kappa shape index (κ1) is 12.4. The number of aliphatic hydroxyl groups is 1. The van der Waals surface area contributed by atoms with E-state index in [1.165, 1.54) is 0 Å². The Morgan fingerprint density at radius 3 is 2.64 bits per heavy atom. The molecule has 0 aromatic rings. The van der Waals surface area contributed by atoms with E-state index in [0.717, 1.165) is 39.1 Å². The summed E-state index contributed by atoms with van der Waals surface area (Å²) in [6, 6.07) is 0. The average Bonchev–Trinajstić information content (AvgIpc) is 2.21. The molecule has 0 radical (unpaired) electrons. The smallest absolute Gasteiger partial charge is 0.0763 e. The van der Waals surface area contributed by atoms with Gasteiger partial charge in [-0.1, -0.05) is 15.9 Å². The second kappa shape index (κ2) is 6.77. The Balaban J connectivity index is 2.15. The van der Waals surface area contributed by atoms with Crippen LogP contribution < -0.4 is 0 Å². The van der Waals surface area contributed by atoms with Crippen LogP contribution in [0.5, 0.6) is 0 Å². The zero-order chi connectivity index (χ0) is 10.4. The summed E-state index contributed by atoms with van der Waals surface area (Å²) < 4.78 is 5.56. The maximum atomic E-state index is 9.46. The van der Waals surface area contributed by atoms with Crippen LogP contribution in [0.15, 0.2) is 0 Å². The molecule has 0 aromatic heterocycles. The third-order valence-corrected chi connectivity index (χ3v) is 3.33. The number of hydrogen-bond acceptors (Lipinski definition) is 3. The standard InChI is InChI=1S/C10H20BrNO2/c1-2-14-10-3-5-12(6-4-10)8-9(13)7-11/h9-10,13H,2-8H2,1H3. The monoisotopic (exact) mass is 265 g/mol. The molecule has 1 N–H and O–H groups in total. The van der Waals surface area contributed by atoms with E-state index in [4.69, 9.17) is 4.74 Å². The van der Waals surface area contributed by atoms with Crippen molar-refractivity contribution in [3.63, 3.8) is 0 Å². The SMILES string of the molecule is CCOC1CCN(CC(O)CBr)CC1. The van der Waals surface area contributed by atoms with Crippen LogP contribution in [0.25, 0.3) is 0 Å². The predicted octanol–water partition coefficient (Wildman–Crippen LogP) is 1.24. The van der Waals surface area contributed by atoms with Crippen molar-refractivity contribution in [2.45, 2.75) is 32.0 Å². The largest absolute Gasteiger partial charge is 0.391 e. The van der Waals surface area contributed by atoms with E-state index >= 15 is 0 Å². The van der Waals surface area contributed by atoms with Gasteiger partial charge in [-0.25, -0.2) is 0 Å². The number of halogens is 1. The molecule has 1 aliphatic rings. The molecule has 84 valence electrons. The van der Waals surface area contributed by atoms with Gasteiger partial charge in [0.1, 0.15) is 0 Å². The quantitative estimate of drug-likeness (QED) is 0.760. The Kier molecular flexibility index (Phi) is 6.01. The van der Waals surface area contributed by atoms with Crippen molar-refractivity contribution in [1.29, 1.82) is 0 Å². The molecule has 4 heteroatoms. The van der Waals surface area contributed by atoms with Gasteiger partial charge in [0.05, 0.1) is 12.2 Å². The Bertz CT molecular complexity index is 149. The fourth-order valence-electron chi connectivity index (χ4n) is 1.84. The first-order valence-electron chi connectivity index (χ1n) is 5.34. The van der Waals surface area contributed by atoms with Crippen LogP contribution in [0.3, 0.4) is 0 Å². The molecule has 0 amide bonds. The summed E-state index contributed by atoms with van der Waals surface area (Å²) >= 11 is 3.28. The summed E-state index contributed by atoms with van der Waals surface area (Å²) in [5.41, 5.74) is 0. The van der Waals surface area contributed by atoms with Crippen molar-refractivity contribution in [1.82, 2.24) is 4.90 Å². The molecule has 1 aliphatic heterocycles. The topological polar surface area (TPSA) is 32.7 Å². The first-order valence-corrected chi connectivity index (χ1v) is 6.46. The van der Waals surface area contributed by atoms with Crippen molar-refractivity contribution in [3.8, 4) is 0 Å². The van der Waals surface area contributed by atoms with E-state index in [9.17, 15) is 5.11 Å². The van der Waals surface area contributed by atoms with Gasteiger partial charge in [0.25, 0.3) is 0 Å². The summed E-state index contributed by atoms with van der Waals surface area (Å²) in [6.07, 6.45) is 2.40. The van der Waals surface area contributed by atoms with Crippen molar-refractivity contribution in [3.05, 3.63) is 0 Å². The van der Waals surface area contributed by atoms with Gasteiger partial charge in [-0.3, -0.25) is 0 Å². The molecule has 0 aromatic carbocycles. The number of ether oxygens (including phenoxy) is 1. The normalized spacial score (nSPS) is 22.5. The third-order valence-electron chi connectivity index (χ3n) is 2.58. The van der Waals surface area contributed by atoms with Gasteiger partial charge in [0.15, 0.2) is 0 Å². The minimum atomic E-state index is -0.237. The van der Waals surface area contributed by atoms with E-state index in [1.807, 2.05) is 6.92 Å². The summed E-state index contributed by atoms with van der Waals surface area (Å²) in [5, 5.41) is 10.1. The van der Waals surface area contributed by atoms with E-state index < -0.39 is 0 Å². The molecule has 1 saturated heterocycles. The molecular weight excluding hydrogens is 246 g/mol. The zero-order valence-corrected chi connectivity index (χ0v) is 10.4. The van der Waals surface area contributed by atoms with Crippen LogP contribution in [-0.2, 0) is 4.74 Å². The van der Waals surface area contributed by atoms with E-state index in [1.54, 1.807) is 0 Å². The number of likely N-dealkylation sites (tertiary alicyclic amines) is 1. The fraction of sp³-hybridized carbons (Fsp3) is 1.00. The van der Waals surface area contributed by atoms with Crippen LogP contribution in [0.1, 0.15) is 19.8 Å². The minimum absolute atomic E-state index is 0.237. The van der Waals surface area contributed by atoms with Crippen LogP contribution in [-0.4, -0.2) is 53.8 Å². The Morgan fingerprint density at radius 1 is 1.50 bits per heavy atom. The maximum Gasteiger partial charge on any atom is 0.0763 e. The lowest BCUT2D eigenvalue weighted by atomic mass is 10.1. The lowest BCUT2D eigenvalue weighted by molar-refractivity contribution is 0.00566. The molecule has 14 heavy (non-hydrogen) atoms. The highest BCUT2D eigenvalue weighted by atomic mass is 79.9. The Labute approximate surface area is 94.6 Å². The molecule has 0 spiro atoms. The number of nitrogens with zero attached hydrogens (tertiary/aromatic N) is 1. The molecule has 1 fully saturated rings. The highest BCUT2D eigenvalue weighted by Gasteiger charge is 2.20. The molecule has 1 unspecified atom stereocenters. The number of hydrogen-bond donors (Lipinski definition) is 1. The Morgan fingerprint density at radius 2 is 2.14 bits per heavy atom. The summed E-state index contributed by atoms with van der Waals surface area (Å²) in [7, 11) is 0. The van der Waals surface area contributed by atoms with Crippen molar-refractivity contribution < 1.29 is 9.84 Å². The van der Waals surface area contributed by atoms with E-state index in [0.29, 0.717) is 11.4 Å². The van der Waals surface area contributed by atoms with Crippen molar-refractivity contribution in [2.75, 3.05) is 31.6 Å². The van der Waals surface area contributed by atoms with Crippen molar-refractivity contribution >= 4 is 15.9 Å². The molecule has 0 saturated carbocycles. The lowest BCUT2D eigenvalue weighted by Crippen LogP contribution is -2.41. The Hall–Kier alpha value is 0.360. The van der Waals surface area contributed by atoms with E-state index in [-0.39, 0.29) is 6.10 Å². The highest BCUT2D eigenvalue weighted by molar-refractivity contribution is 9.09. The molecule has 0 aliphatic carbocycles. The van der Waals surface area contributed by atoms with E-state index in [2.05, 4.69) is 20.8 Å². The maximum absolute atomic E-state index is 9.46. The lowest BCUT2D eigenvalue weighted by Gasteiger charge is -2.32. The van der Waals surface area contributed by atoms with Crippen LogP contribution in [0.2, 0.25) is 0 Å². The number of piperidine rings is 1. The highest BCUT2D eigenvalue weighted by Crippen LogP contribution is 2.13. The van der Waals surface area contributed by atoms with Crippen LogP contribution in [0, 0.1) is 0 Å². The molecule has 1 heterocycles. The van der Waals surface area contributed by atoms with Gasteiger partial charge in [-0.2, -0.15) is 0 Å². The molecule has 1 atom stereocenters. The summed E-state index contributed by atoms with van der Waals surface area (Å²) in [6.45, 7) is 5.74. The summed E-state index contributed by atoms with van der Waals surface area (Å²) in [4.78, 5) is 2.31. The van der Waals surface area contributed by atoms with Crippen LogP contribution >= 0.6 is 15.9 Å². The summed E-state index contributed by atoms with van der Waals surface area (Å²) in [5.74, 6) is 0. The fourth-order valence-corrected chi connectivity index (χ4v) is 2.05.